The molecular weight excluding hydrogens is 242 g/mol. The van der Waals surface area contributed by atoms with Crippen LogP contribution in [0.3, 0.4) is 0 Å². The van der Waals surface area contributed by atoms with Crippen molar-refractivity contribution >= 4 is 5.97 Å². The molecule has 0 amide bonds. The van der Waals surface area contributed by atoms with Crippen LogP contribution in [0.5, 0.6) is 0 Å². The van der Waals surface area contributed by atoms with Crippen LogP contribution in [-0.2, 0) is 4.74 Å². The molecule has 2 aromatic rings. The number of rotatable bonds is 2. The molecule has 1 aromatic heterocycles. The minimum atomic E-state index is -1.06. The van der Waals surface area contributed by atoms with E-state index in [1.807, 2.05) is 0 Å². The van der Waals surface area contributed by atoms with Gasteiger partial charge in [-0.05, 0) is 12.1 Å². The van der Waals surface area contributed by atoms with Gasteiger partial charge in [-0.15, -0.1) is 0 Å². The Kier molecular flexibility index (Phi) is 3.27. The Balaban J connectivity index is 2.53. The standard InChI is InChI=1S/C12H8F2N2O2/c1-18-12(17)11-8(13)4-7(5-9(11)14)10-6-15-2-3-16-10/h2-6H,1H3. The van der Waals surface area contributed by atoms with Gasteiger partial charge in [0.25, 0.3) is 0 Å². The smallest absolute Gasteiger partial charge is 0.343 e. The van der Waals surface area contributed by atoms with Crippen molar-refractivity contribution in [3.05, 3.63) is 47.9 Å². The third-order valence-corrected chi connectivity index (χ3v) is 2.29. The molecule has 0 radical (unpaired) electrons. The Morgan fingerprint density at radius 3 is 2.39 bits per heavy atom. The van der Waals surface area contributed by atoms with Crippen LogP contribution in [-0.4, -0.2) is 23.0 Å². The Hall–Kier alpha value is -2.37. The molecule has 0 saturated carbocycles. The molecule has 0 bridgehead atoms. The van der Waals surface area contributed by atoms with Crippen molar-refractivity contribution in [2.24, 2.45) is 0 Å². The maximum absolute atomic E-state index is 13.6. The number of methoxy groups -OCH3 is 1. The fraction of sp³-hybridized carbons (Fsp3) is 0.0833. The number of carbonyl (C=O) groups excluding carboxylic acids is 1. The normalized spacial score (nSPS) is 10.2. The summed E-state index contributed by atoms with van der Waals surface area (Å²) >= 11 is 0. The van der Waals surface area contributed by atoms with Gasteiger partial charge in [0.2, 0.25) is 0 Å². The summed E-state index contributed by atoms with van der Waals surface area (Å²) in [6.45, 7) is 0. The predicted octanol–water partition coefficient (Wildman–Crippen LogP) is 2.21. The summed E-state index contributed by atoms with van der Waals surface area (Å²) in [4.78, 5) is 18.9. The van der Waals surface area contributed by atoms with Crippen LogP contribution < -0.4 is 0 Å². The average molecular weight is 250 g/mol. The first-order valence-corrected chi connectivity index (χ1v) is 4.97. The highest BCUT2D eigenvalue weighted by Gasteiger charge is 2.19. The number of hydrogen-bond donors (Lipinski definition) is 0. The van der Waals surface area contributed by atoms with Gasteiger partial charge in [-0.2, -0.15) is 0 Å². The van der Waals surface area contributed by atoms with Gasteiger partial charge in [0.1, 0.15) is 17.2 Å². The zero-order valence-electron chi connectivity index (χ0n) is 9.35. The van der Waals surface area contributed by atoms with E-state index in [-0.39, 0.29) is 5.56 Å². The quantitative estimate of drug-likeness (QED) is 0.767. The Bertz CT molecular complexity index is 565. The summed E-state index contributed by atoms with van der Waals surface area (Å²) in [6, 6.07) is 2.03. The van der Waals surface area contributed by atoms with Crippen molar-refractivity contribution in [2.75, 3.05) is 7.11 Å². The first-order chi connectivity index (χ1) is 8.63. The lowest BCUT2D eigenvalue weighted by atomic mass is 10.1. The molecule has 2 rings (SSSR count). The monoisotopic (exact) mass is 250 g/mol. The third kappa shape index (κ3) is 2.17. The van der Waals surface area contributed by atoms with Crippen molar-refractivity contribution in [3.63, 3.8) is 0 Å². The molecule has 92 valence electrons. The van der Waals surface area contributed by atoms with E-state index < -0.39 is 23.2 Å². The van der Waals surface area contributed by atoms with E-state index in [0.29, 0.717) is 5.69 Å². The second kappa shape index (κ2) is 4.87. The molecule has 0 aliphatic rings. The fourth-order valence-electron chi connectivity index (χ4n) is 1.47. The van der Waals surface area contributed by atoms with Crippen LogP contribution in [0, 0.1) is 11.6 Å². The minimum absolute atomic E-state index is 0.200. The van der Waals surface area contributed by atoms with Crippen molar-refractivity contribution in [2.45, 2.75) is 0 Å². The lowest BCUT2D eigenvalue weighted by molar-refractivity contribution is 0.0590. The number of esters is 1. The molecule has 0 aliphatic heterocycles. The van der Waals surface area contributed by atoms with Crippen LogP contribution >= 0.6 is 0 Å². The summed E-state index contributed by atoms with van der Waals surface area (Å²) in [5.74, 6) is -3.05. The van der Waals surface area contributed by atoms with Gasteiger partial charge < -0.3 is 4.74 Å². The van der Waals surface area contributed by atoms with Crippen LogP contribution in [0.2, 0.25) is 0 Å². The van der Waals surface area contributed by atoms with Crippen LogP contribution in [0.15, 0.2) is 30.7 Å². The molecule has 18 heavy (non-hydrogen) atoms. The molecule has 0 fully saturated rings. The van der Waals surface area contributed by atoms with Crippen molar-refractivity contribution < 1.29 is 18.3 Å². The molecule has 6 heteroatoms. The average Bonchev–Trinajstić information content (AvgIpc) is 2.38. The number of aromatic nitrogens is 2. The summed E-state index contributed by atoms with van der Waals surface area (Å²) in [5.41, 5.74) is -0.206. The molecular formula is C12H8F2N2O2. The Labute approximate surface area is 101 Å². The summed E-state index contributed by atoms with van der Waals surface area (Å²) in [6.07, 6.45) is 4.21. The SMILES string of the molecule is COC(=O)c1c(F)cc(-c2cnccn2)cc1F. The second-order valence-electron chi connectivity index (χ2n) is 3.40. The zero-order chi connectivity index (χ0) is 13.1. The van der Waals surface area contributed by atoms with E-state index in [0.717, 1.165) is 19.2 Å². The number of ether oxygens (including phenoxy) is 1. The summed E-state index contributed by atoms with van der Waals surface area (Å²) in [5, 5.41) is 0. The highest BCUT2D eigenvalue weighted by Crippen LogP contribution is 2.22. The van der Waals surface area contributed by atoms with Gasteiger partial charge in [-0.1, -0.05) is 0 Å². The lowest BCUT2D eigenvalue weighted by Gasteiger charge is -2.06. The number of carbonyl (C=O) groups is 1. The first-order valence-electron chi connectivity index (χ1n) is 4.97. The molecule has 1 aromatic carbocycles. The summed E-state index contributed by atoms with van der Waals surface area (Å²) < 4.78 is 31.6. The van der Waals surface area contributed by atoms with Gasteiger partial charge in [0.15, 0.2) is 0 Å². The molecule has 4 nitrogen and oxygen atoms in total. The van der Waals surface area contributed by atoms with Gasteiger partial charge in [-0.3, -0.25) is 9.97 Å². The third-order valence-electron chi connectivity index (χ3n) is 2.29. The van der Waals surface area contributed by atoms with E-state index in [2.05, 4.69) is 14.7 Å². The number of halogens is 2. The molecule has 0 atom stereocenters. The van der Waals surface area contributed by atoms with Gasteiger partial charge >= 0.3 is 5.97 Å². The highest BCUT2D eigenvalue weighted by molar-refractivity contribution is 5.90. The van der Waals surface area contributed by atoms with Crippen molar-refractivity contribution in [3.8, 4) is 11.3 Å². The molecule has 1 heterocycles. The van der Waals surface area contributed by atoms with Crippen molar-refractivity contribution in [1.82, 2.24) is 9.97 Å². The minimum Gasteiger partial charge on any atom is -0.465 e. The lowest BCUT2D eigenvalue weighted by Crippen LogP contribution is -2.08. The van der Waals surface area contributed by atoms with Gasteiger partial charge in [0, 0.05) is 18.0 Å². The highest BCUT2D eigenvalue weighted by atomic mass is 19.1. The molecule has 0 N–H and O–H groups in total. The van der Waals surface area contributed by atoms with Gasteiger partial charge in [0.05, 0.1) is 19.0 Å². The molecule has 0 saturated heterocycles. The van der Waals surface area contributed by atoms with Crippen LogP contribution in [0.4, 0.5) is 8.78 Å². The molecule has 0 aliphatic carbocycles. The van der Waals surface area contributed by atoms with E-state index in [4.69, 9.17) is 0 Å². The van der Waals surface area contributed by atoms with E-state index in [1.54, 1.807) is 0 Å². The second-order valence-corrected chi connectivity index (χ2v) is 3.40. The topological polar surface area (TPSA) is 52.1 Å². The van der Waals surface area contributed by atoms with E-state index in [1.165, 1.54) is 18.6 Å². The maximum Gasteiger partial charge on any atom is 0.343 e. The van der Waals surface area contributed by atoms with Gasteiger partial charge in [-0.25, -0.2) is 13.6 Å². The zero-order valence-corrected chi connectivity index (χ0v) is 9.35. The van der Waals surface area contributed by atoms with Crippen molar-refractivity contribution in [1.29, 1.82) is 0 Å². The number of nitrogens with zero attached hydrogens (tertiary/aromatic N) is 2. The largest absolute Gasteiger partial charge is 0.465 e. The first kappa shape index (κ1) is 12.1. The number of hydrogen-bond acceptors (Lipinski definition) is 4. The molecule has 0 spiro atoms. The fourth-order valence-corrected chi connectivity index (χ4v) is 1.47. The van der Waals surface area contributed by atoms with E-state index in [9.17, 15) is 13.6 Å². The van der Waals surface area contributed by atoms with Crippen LogP contribution in [0.25, 0.3) is 11.3 Å². The summed E-state index contributed by atoms with van der Waals surface area (Å²) in [7, 11) is 1.05. The molecule has 0 unspecified atom stereocenters. The van der Waals surface area contributed by atoms with E-state index >= 15 is 0 Å². The van der Waals surface area contributed by atoms with Crippen LogP contribution in [0.1, 0.15) is 10.4 Å². The maximum atomic E-state index is 13.6. The Morgan fingerprint density at radius 2 is 1.89 bits per heavy atom. The number of benzene rings is 1. The Morgan fingerprint density at radius 1 is 1.22 bits per heavy atom. The predicted molar refractivity (Wildman–Crippen MR) is 58.7 cm³/mol.